The molecule has 26 heavy (non-hydrogen) atoms. The van der Waals surface area contributed by atoms with Gasteiger partial charge in [0.25, 0.3) is 0 Å². The first-order chi connectivity index (χ1) is 12.1. The summed E-state index contributed by atoms with van der Waals surface area (Å²) in [4.78, 5) is 27.3. The van der Waals surface area contributed by atoms with Crippen molar-refractivity contribution >= 4 is 23.4 Å². The van der Waals surface area contributed by atoms with Crippen molar-refractivity contribution < 1.29 is 23.8 Å². The summed E-state index contributed by atoms with van der Waals surface area (Å²) in [7, 11) is 0. The summed E-state index contributed by atoms with van der Waals surface area (Å²) < 4.78 is 26.1. The van der Waals surface area contributed by atoms with Gasteiger partial charge in [0.2, 0.25) is 0 Å². The Morgan fingerprint density at radius 2 is 2.27 bits per heavy atom. The predicted molar refractivity (Wildman–Crippen MR) is 91.2 cm³/mol. The molecule has 5 N–H and O–H groups in total. The van der Waals surface area contributed by atoms with Crippen LogP contribution in [0.25, 0.3) is 0 Å². The lowest BCUT2D eigenvalue weighted by molar-refractivity contribution is -0.164. The number of ether oxygens (including phenoxy) is 2. The van der Waals surface area contributed by atoms with E-state index in [1.807, 2.05) is 0 Å². The molecule has 9 nitrogen and oxygen atoms in total. The van der Waals surface area contributed by atoms with Crippen LogP contribution in [0.4, 0.5) is 10.2 Å². The summed E-state index contributed by atoms with van der Waals surface area (Å²) in [6.07, 6.45) is -4.05. The number of hydrogen-bond donors (Lipinski definition) is 3. The highest BCUT2D eigenvalue weighted by atomic mass is 35.5. The molecule has 0 amide bonds. The second kappa shape index (κ2) is 7.87. The van der Waals surface area contributed by atoms with Gasteiger partial charge in [-0.3, -0.25) is 9.36 Å². The highest BCUT2D eigenvalue weighted by Gasteiger charge is 2.56. The predicted octanol–water partition coefficient (Wildman–Crippen LogP) is -0.443. The van der Waals surface area contributed by atoms with E-state index >= 15 is 0 Å². The van der Waals surface area contributed by atoms with Crippen LogP contribution in [0.3, 0.4) is 0 Å². The molecule has 0 radical (unpaired) electrons. The number of esters is 1. The zero-order valence-electron chi connectivity index (χ0n) is 14.3. The Morgan fingerprint density at radius 3 is 2.81 bits per heavy atom. The van der Waals surface area contributed by atoms with Gasteiger partial charge < -0.3 is 26.0 Å². The SMILES string of the molecule is CC(C)[C@H](N)C(=O)OC[C@@]1(CCl)O[C@@H](n2ccc(N)nc2=O)[C@@H](F)[C@@H]1O. The van der Waals surface area contributed by atoms with Gasteiger partial charge in [-0.25, -0.2) is 9.18 Å². The summed E-state index contributed by atoms with van der Waals surface area (Å²) in [5.74, 6) is -1.33. The fourth-order valence-electron chi connectivity index (χ4n) is 2.48. The largest absolute Gasteiger partial charge is 0.461 e. The molecule has 0 aliphatic carbocycles. The summed E-state index contributed by atoms with van der Waals surface area (Å²) in [5.41, 5.74) is 8.51. The molecule has 0 spiro atoms. The monoisotopic (exact) mass is 392 g/mol. The first kappa shape index (κ1) is 20.6. The van der Waals surface area contributed by atoms with Crippen LogP contribution in [0.15, 0.2) is 17.1 Å². The van der Waals surface area contributed by atoms with Gasteiger partial charge in [-0.2, -0.15) is 4.98 Å². The molecular formula is C15H22ClFN4O5. The second-order valence-corrected chi connectivity index (χ2v) is 6.78. The molecule has 1 fully saturated rings. The number of carbonyl (C=O) groups excluding carboxylic acids is 1. The van der Waals surface area contributed by atoms with Crippen LogP contribution in [0, 0.1) is 5.92 Å². The van der Waals surface area contributed by atoms with Crippen molar-refractivity contribution in [3.63, 3.8) is 0 Å². The average molecular weight is 393 g/mol. The zero-order valence-corrected chi connectivity index (χ0v) is 15.1. The van der Waals surface area contributed by atoms with Crippen LogP contribution in [-0.2, 0) is 14.3 Å². The molecule has 11 heteroatoms. The van der Waals surface area contributed by atoms with Crippen LogP contribution in [0.1, 0.15) is 20.1 Å². The maximum atomic E-state index is 14.6. The Labute approximate surface area is 154 Å². The molecule has 0 saturated carbocycles. The van der Waals surface area contributed by atoms with Crippen LogP contribution < -0.4 is 17.2 Å². The number of aromatic nitrogens is 2. The standard InChI is InChI=1S/C15H22ClFN4O5/c1-7(2)10(19)13(23)25-6-15(5-16)11(22)9(17)12(26-15)21-4-3-8(18)20-14(21)24/h3-4,7,9-12,22H,5-6,19H2,1-2H3,(H2,18,20,24)/t9-,10-,11-,12+,15+/m0/s1. The number of anilines is 1. The maximum Gasteiger partial charge on any atom is 0.351 e. The van der Waals surface area contributed by atoms with E-state index in [0.717, 1.165) is 4.57 Å². The molecule has 1 aromatic rings. The van der Waals surface area contributed by atoms with Crippen molar-refractivity contribution in [1.29, 1.82) is 0 Å². The number of alkyl halides is 2. The van der Waals surface area contributed by atoms with Crippen LogP contribution in [0.5, 0.6) is 0 Å². The third kappa shape index (κ3) is 3.83. The normalized spacial score (nSPS) is 29.7. The average Bonchev–Trinajstić information content (AvgIpc) is 2.84. The van der Waals surface area contributed by atoms with E-state index in [2.05, 4.69) is 4.98 Å². The third-order valence-corrected chi connectivity index (χ3v) is 4.72. The molecule has 1 aliphatic heterocycles. The molecule has 1 saturated heterocycles. The van der Waals surface area contributed by atoms with Gasteiger partial charge in [0.05, 0.1) is 5.88 Å². The van der Waals surface area contributed by atoms with Crippen molar-refractivity contribution in [1.82, 2.24) is 9.55 Å². The van der Waals surface area contributed by atoms with Gasteiger partial charge in [0, 0.05) is 6.20 Å². The molecule has 2 heterocycles. The number of aliphatic hydroxyl groups excluding tert-OH is 1. The van der Waals surface area contributed by atoms with Crippen LogP contribution in [-0.4, -0.2) is 57.0 Å². The number of carbonyl (C=O) groups is 1. The molecular weight excluding hydrogens is 371 g/mol. The number of aliphatic hydroxyl groups is 1. The van der Waals surface area contributed by atoms with Crippen LogP contribution in [0.2, 0.25) is 0 Å². The Bertz CT molecular complexity index is 718. The molecule has 0 unspecified atom stereocenters. The molecule has 1 aromatic heterocycles. The first-order valence-electron chi connectivity index (χ1n) is 7.95. The zero-order chi connectivity index (χ0) is 19.6. The molecule has 0 aromatic carbocycles. The summed E-state index contributed by atoms with van der Waals surface area (Å²) in [6.45, 7) is 2.95. The lowest BCUT2D eigenvalue weighted by Gasteiger charge is -2.29. The Balaban J connectivity index is 2.21. The van der Waals surface area contributed by atoms with Crippen molar-refractivity contribution in [3.05, 3.63) is 22.7 Å². The number of hydrogen-bond acceptors (Lipinski definition) is 8. The van der Waals surface area contributed by atoms with Gasteiger partial charge in [0.1, 0.15) is 30.2 Å². The molecule has 0 bridgehead atoms. The molecule has 2 rings (SSSR count). The van der Waals surface area contributed by atoms with Gasteiger partial charge in [0.15, 0.2) is 12.4 Å². The number of nitrogens with two attached hydrogens (primary N) is 2. The van der Waals surface area contributed by atoms with Crippen molar-refractivity contribution in [2.24, 2.45) is 11.7 Å². The minimum absolute atomic E-state index is 0.0413. The van der Waals surface area contributed by atoms with E-state index in [1.165, 1.54) is 12.3 Å². The van der Waals surface area contributed by atoms with Crippen molar-refractivity contribution in [2.45, 2.75) is 44.0 Å². The fourth-order valence-corrected chi connectivity index (χ4v) is 2.78. The molecule has 146 valence electrons. The highest BCUT2D eigenvalue weighted by Crippen LogP contribution is 2.39. The number of halogens is 2. The van der Waals surface area contributed by atoms with Gasteiger partial charge in [-0.05, 0) is 12.0 Å². The maximum absolute atomic E-state index is 14.6. The quantitative estimate of drug-likeness (QED) is 0.436. The first-order valence-corrected chi connectivity index (χ1v) is 8.49. The minimum Gasteiger partial charge on any atom is -0.461 e. The second-order valence-electron chi connectivity index (χ2n) is 6.52. The Morgan fingerprint density at radius 1 is 1.62 bits per heavy atom. The van der Waals surface area contributed by atoms with Crippen molar-refractivity contribution in [2.75, 3.05) is 18.2 Å². The Kier molecular flexibility index (Phi) is 6.22. The molecule has 1 aliphatic rings. The van der Waals surface area contributed by atoms with Gasteiger partial charge >= 0.3 is 11.7 Å². The summed E-state index contributed by atoms with van der Waals surface area (Å²) in [6, 6.07) is 0.397. The lowest BCUT2D eigenvalue weighted by Crippen LogP contribution is -2.50. The van der Waals surface area contributed by atoms with E-state index in [9.17, 15) is 19.1 Å². The number of nitrogen functional groups attached to an aromatic ring is 1. The summed E-state index contributed by atoms with van der Waals surface area (Å²) in [5, 5.41) is 10.3. The number of rotatable bonds is 6. The minimum atomic E-state index is -2.01. The highest BCUT2D eigenvalue weighted by molar-refractivity contribution is 6.18. The van der Waals surface area contributed by atoms with E-state index in [4.69, 9.17) is 32.5 Å². The van der Waals surface area contributed by atoms with Gasteiger partial charge in [-0.1, -0.05) is 13.8 Å². The Hall–Kier alpha value is -1.75. The van der Waals surface area contributed by atoms with E-state index in [1.54, 1.807) is 13.8 Å². The lowest BCUT2D eigenvalue weighted by atomic mass is 9.98. The molecule has 5 atom stereocenters. The van der Waals surface area contributed by atoms with Crippen molar-refractivity contribution in [3.8, 4) is 0 Å². The number of nitrogens with zero attached hydrogens (tertiary/aromatic N) is 2. The fraction of sp³-hybridized carbons (Fsp3) is 0.667. The van der Waals surface area contributed by atoms with E-state index in [0.29, 0.717) is 0 Å². The smallest absolute Gasteiger partial charge is 0.351 e. The van der Waals surface area contributed by atoms with Crippen LogP contribution >= 0.6 is 11.6 Å². The summed E-state index contributed by atoms with van der Waals surface area (Å²) >= 11 is 5.87. The van der Waals surface area contributed by atoms with Gasteiger partial charge in [-0.15, -0.1) is 11.6 Å². The topological polar surface area (TPSA) is 143 Å². The van der Waals surface area contributed by atoms with E-state index < -0.39 is 48.4 Å². The van der Waals surface area contributed by atoms with E-state index in [-0.39, 0.29) is 17.6 Å². The third-order valence-electron chi connectivity index (χ3n) is 4.27.